The molecule has 1 fully saturated rings. The van der Waals surface area contributed by atoms with Crippen LogP contribution in [0.4, 0.5) is 0 Å². The molecular formula is C23H37IN6O. The smallest absolute Gasteiger partial charge is 0.213 e. The number of halogens is 1. The third kappa shape index (κ3) is 7.36. The van der Waals surface area contributed by atoms with Crippen LogP contribution in [0.15, 0.2) is 23.3 Å². The van der Waals surface area contributed by atoms with Crippen LogP contribution in [-0.4, -0.2) is 39.4 Å². The molecule has 0 amide bonds. The van der Waals surface area contributed by atoms with Crippen LogP contribution in [0.3, 0.4) is 0 Å². The lowest BCUT2D eigenvalue weighted by molar-refractivity contribution is 0.201. The van der Waals surface area contributed by atoms with Crippen molar-refractivity contribution in [3.05, 3.63) is 40.8 Å². The Balaban J connectivity index is 0.00000341. The average Bonchev–Trinajstić information content (AvgIpc) is 3.31. The van der Waals surface area contributed by atoms with E-state index in [1.807, 2.05) is 24.0 Å². The van der Waals surface area contributed by atoms with Crippen molar-refractivity contribution in [3.63, 3.8) is 0 Å². The summed E-state index contributed by atoms with van der Waals surface area (Å²) in [6.45, 7) is 9.83. The van der Waals surface area contributed by atoms with Gasteiger partial charge in [-0.05, 0) is 70.9 Å². The fourth-order valence-corrected chi connectivity index (χ4v) is 3.94. The summed E-state index contributed by atoms with van der Waals surface area (Å²) in [5.41, 5.74) is 4.68. The zero-order valence-corrected chi connectivity index (χ0v) is 21.8. The maximum absolute atomic E-state index is 5.95. The normalized spacial score (nSPS) is 15.5. The molecule has 0 aliphatic heterocycles. The first-order chi connectivity index (χ1) is 14.5. The van der Waals surface area contributed by atoms with Gasteiger partial charge in [0.2, 0.25) is 5.88 Å². The molecule has 0 saturated heterocycles. The number of hydrogen-bond donors (Lipinski definition) is 2. The Labute approximate surface area is 203 Å². The number of guanidine groups is 1. The highest BCUT2D eigenvalue weighted by Gasteiger charge is 2.17. The van der Waals surface area contributed by atoms with Crippen LogP contribution in [0.1, 0.15) is 62.0 Å². The van der Waals surface area contributed by atoms with Gasteiger partial charge in [-0.2, -0.15) is 5.10 Å². The number of aromatic nitrogens is 3. The largest absolute Gasteiger partial charge is 0.474 e. The lowest BCUT2D eigenvalue weighted by Crippen LogP contribution is -2.43. The van der Waals surface area contributed by atoms with Gasteiger partial charge in [0, 0.05) is 37.6 Å². The summed E-state index contributed by atoms with van der Waals surface area (Å²) in [6.07, 6.45) is 7.91. The maximum atomic E-state index is 5.95. The Morgan fingerprint density at radius 3 is 2.61 bits per heavy atom. The fourth-order valence-electron chi connectivity index (χ4n) is 3.94. The minimum atomic E-state index is 0. The summed E-state index contributed by atoms with van der Waals surface area (Å²) in [7, 11) is 1.99. The van der Waals surface area contributed by atoms with Crippen LogP contribution in [0.25, 0.3) is 0 Å². The van der Waals surface area contributed by atoms with Gasteiger partial charge in [-0.3, -0.25) is 4.68 Å². The Kier molecular flexibility index (Phi) is 10.1. The summed E-state index contributed by atoms with van der Waals surface area (Å²) < 4.78 is 7.89. The molecular weight excluding hydrogens is 503 g/mol. The van der Waals surface area contributed by atoms with Crippen molar-refractivity contribution >= 4 is 29.9 Å². The maximum Gasteiger partial charge on any atom is 0.213 e. The molecule has 2 N–H and O–H groups in total. The molecule has 0 radical (unpaired) electrons. The third-order valence-electron chi connectivity index (χ3n) is 5.70. The minimum absolute atomic E-state index is 0. The number of aliphatic imine (C=N–C) groups is 1. The number of hydrogen-bond acceptors (Lipinski definition) is 4. The highest BCUT2D eigenvalue weighted by atomic mass is 127. The monoisotopic (exact) mass is 540 g/mol. The molecule has 172 valence electrons. The highest BCUT2D eigenvalue weighted by Crippen LogP contribution is 2.23. The van der Waals surface area contributed by atoms with Gasteiger partial charge in [0.05, 0.1) is 12.2 Å². The number of aryl methyl sites for hydroxylation is 2. The van der Waals surface area contributed by atoms with Crippen molar-refractivity contribution in [1.29, 1.82) is 0 Å². The molecule has 0 aromatic carbocycles. The first-order valence-electron chi connectivity index (χ1n) is 11.1. The molecule has 1 aliphatic rings. The lowest BCUT2D eigenvalue weighted by atomic mass is 10.1. The third-order valence-corrected chi connectivity index (χ3v) is 5.70. The molecule has 31 heavy (non-hydrogen) atoms. The second-order valence-electron chi connectivity index (χ2n) is 8.25. The molecule has 0 spiro atoms. The predicted octanol–water partition coefficient (Wildman–Crippen LogP) is 4.06. The van der Waals surface area contributed by atoms with E-state index in [1.165, 1.54) is 24.1 Å². The van der Waals surface area contributed by atoms with E-state index in [1.54, 1.807) is 0 Å². The van der Waals surface area contributed by atoms with Crippen molar-refractivity contribution in [2.75, 3.05) is 6.54 Å². The zero-order chi connectivity index (χ0) is 21.5. The first kappa shape index (κ1) is 25.4. The van der Waals surface area contributed by atoms with E-state index in [9.17, 15) is 0 Å². The van der Waals surface area contributed by atoms with Gasteiger partial charge in [-0.1, -0.05) is 6.07 Å². The first-order valence-corrected chi connectivity index (χ1v) is 11.1. The quantitative estimate of drug-likeness (QED) is 0.300. The number of ether oxygens (including phenoxy) is 1. The van der Waals surface area contributed by atoms with Gasteiger partial charge < -0.3 is 15.4 Å². The standard InChI is InChI=1S/C23H36N6O.HI/c1-6-24-23(27-16(2)13-21-17(3)28-29(5)18(21)4)26-15-19-11-12-22(25-14-19)30-20-9-7-8-10-20;/h11-12,14,16,20H,6-10,13,15H2,1-5H3,(H2,24,26,27);1H. The van der Waals surface area contributed by atoms with Crippen molar-refractivity contribution < 1.29 is 4.74 Å². The molecule has 1 atom stereocenters. The predicted molar refractivity (Wildman–Crippen MR) is 136 cm³/mol. The Morgan fingerprint density at radius 1 is 1.29 bits per heavy atom. The van der Waals surface area contributed by atoms with Crippen LogP contribution in [0.5, 0.6) is 5.88 Å². The summed E-state index contributed by atoms with van der Waals surface area (Å²) >= 11 is 0. The average molecular weight is 540 g/mol. The van der Waals surface area contributed by atoms with E-state index in [4.69, 9.17) is 9.73 Å². The van der Waals surface area contributed by atoms with Gasteiger partial charge in [-0.15, -0.1) is 24.0 Å². The Morgan fingerprint density at radius 2 is 2.03 bits per heavy atom. The number of nitrogens with zero attached hydrogens (tertiary/aromatic N) is 4. The van der Waals surface area contributed by atoms with Crippen molar-refractivity contribution in [1.82, 2.24) is 25.4 Å². The lowest BCUT2D eigenvalue weighted by Gasteiger charge is -2.18. The van der Waals surface area contributed by atoms with Crippen molar-refractivity contribution in [2.24, 2.45) is 12.0 Å². The molecule has 2 aromatic heterocycles. The summed E-state index contributed by atoms with van der Waals surface area (Å²) in [6, 6.07) is 4.25. The van der Waals surface area contributed by atoms with Crippen LogP contribution < -0.4 is 15.4 Å². The molecule has 8 heteroatoms. The molecule has 1 aliphatic carbocycles. The van der Waals surface area contributed by atoms with E-state index in [-0.39, 0.29) is 30.0 Å². The molecule has 1 unspecified atom stereocenters. The summed E-state index contributed by atoms with van der Waals surface area (Å²) in [5, 5.41) is 11.4. The number of nitrogens with one attached hydrogen (secondary N) is 2. The SMILES string of the molecule is CCNC(=NCc1ccc(OC2CCCC2)nc1)NC(C)Cc1c(C)nn(C)c1C.I. The van der Waals surface area contributed by atoms with Crippen LogP contribution >= 0.6 is 24.0 Å². The van der Waals surface area contributed by atoms with E-state index >= 15 is 0 Å². The summed E-state index contributed by atoms with van der Waals surface area (Å²) in [4.78, 5) is 9.20. The van der Waals surface area contributed by atoms with Crippen LogP contribution in [0, 0.1) is 13.8 Å². The Bertz CT molecular complexity index is 842. The van der Waals surface area contributed by atoms with Gasteiger partial charge in [-0.25, -0.2) is 9.98 Å². The molecule has 0 bridgehead atoms. The topological polar surface area (TPSA) is 76.4 Å². The second-order valence-corrected chi connectivity index (χ2v) is 8.25. The molecule has 1 saturated carbocycles. The molecule has 2 aromatic rings. The van der Waals surface area contributed by atoms with Gasteiger partial charge >= 0.3 is 0 Å². The molecule has 3 rings (SSSR count). The fraction of sp³-hybridized carbons (Fsp3) is 0.609. The second kappa shape index (κ2) is 12.3. The van der Waals surface area contributed by atoms with E-state index in [2.05, 4.69) is 54.5 Å². The van der Waals surface area contributed by atoms with Crippen molar-refractivity contribution in [3.8, 4) is 5.88 Å². The van der Waals surface area contributed by atoms with E-state index < -0.39 is 0 Å². The zero-order valence-electron chi connectivity index (χ0n) is 19.4. The van der Waals surface area contributed by atoms with Crippen molar-refractivity contribution in [2.45, 2.75) is 78.5 Å². The number of pyridine rings is 1. The van der Waals surface area contributed by atoms with Crippen LogP contribution in [0.2, 0.25) is 0 Å². The van der Waals surface area contributed by atoms with E-state index in [0.717, 1.165) is 48.9 Å². The van der Waals surface area contributed by atoms with E-state index in [0.29, 0.717) is 12.6 Å². The molecule has 7 nitrogen and oxygen atoms in total. The van der Waals surface area contributed by atoms with Gasteiger partial charge in [0.25, 0.3) is 0 Å². The highest BCUT2D eigenvalue weighted by molar-refractivity contribution is 14.0. The van der Waals surface area contributed by atoms with Crippen LogP contribution in [-0.2, 0) is 20.0 Å². The minimum Gasteiger partial charge on any atom is -0.474 e. The van der Waals surface area contributed by atoms with Gasteiger partial charge in [0.15, 0.2) is 5.96 Å². The number of rotatable bonds is 8. The summed E-state index contributed by atoms with van der Waals surface area (Å²) in [5.74, 6) is 1.53. The Hall–Kier alpha value is -1.84. The molecule has 2 heterocycles. The van der Waals surface area contributed by atoms with Gasteiger partial charge in [0.1, 0.15) is 6.10 Å².